The molecular weight excluding hydrogens is 442 g/mol. The highest BCUT2D eigenvalue weighted by atomic mass is 32.2. The highest BCUT2D eigenvalue weighted by Crippen LogP contribution is 2.32. The number of thioether (sulfide) groups is 1. The van der Waals surface area contributed by atoms with Crippen LogP contribution in [0.15, 0.2) is 58.7 Å². The van der Waals surface area contributed by atoms with Crippen molar-refractivity contribution < 1.29 is 19.4 Å². The topological polar surface area (TPSA) is 126 Å². The number of nitriles is 1. The second-order valence-electron chi connectivity index (χ2n) is 6.87. The van der Waals surface area contributed by atoms with Crippen molar-refractivity contribution in [2.75, 3.05) is 14.2 Å². The van der Waals surface area contributed by atoms with E-state index in [1.54, 1.807) is 49.3 Å². The Balaban J connectivity index is 1.67. The first-order valence-corrected chi connectivity index (χ1v) is 10.6. The zero-order valence-electron chi connectivity index (χ0n) is 17.8. The Labute approximate surface area is 193 Å². The monoisotopic (exact) mass is 461 g/mol. The molecule has 10 heteroatoms. The number of carboxylic acid groups (broad SMARTS) is 1. The molecule has 9 nitrogen and oxygen atoms in total. The molecule has 0 atom stereocenters. The summed E-state index contributed by atoms with van der Waals surface area (Å²) >= 11 is 0.930. The number of methoxy groups -OCH3 is 2. The SMILES string of the molecule is COc1cc(OC)cc(-c2nc(S/C(=C\c3cn(CC#N)c4ccccc34)C(=O)O)n[nH]2)c1. The van der Waals surface area contributed by atoms with Gasteiger partial charge in [0.25, 0.3) is 0 Å². The molecule has 2 N–H and O–H groups in total. The van der Waals surface area contributed by atoms with Crippen LogP contribution >= 0.6 is 11.8 Å². The number of hydrogen-bond donors (Lipinski definition) is 2. The fraction of sp³-hybridized carbons (Fsp3) is 0.130. The molecule has 0 unspecified atom stereocenters. The number of benzene rings is 2. The van der Waals surface area contributed by atoms with Gasteiger partial charge in [-0.25, -0.2) is 9.78 Å². The summed E-state index contributed by atoms with van der Waals surface area (Å²) in [4.78, 5) is 16.4. The number of para-hydroxylation sites is 1. The van der Waals surface area contributed by atoms with Gasteiger partial charge in [0.05, 0.1) is 20.3 Å². The van der Waals surface area contributed by atoms with Gasteiger partial charge in [0.1, 0.15) is 22.9 Å². The summed E-state index contributed by atoms with van der Waals surface area (Å²) in [5.74, 6) is 0.529. The lowest BCUT2D eigenvalue weighted by atomic mass is 10.1. The first kappa shape index (κ1) is 22.0. The highest BCUT2D eigenvalue weighted by molar-refractivity contribution is 8.04. The van der Waals surface area contributed by atoms with Gasteiger partial charge in [0, 0.05) is 34.3 Å². The van der Waals surface area contributed by atoms with Gasteiger partial charge < -0.3 is 19.1 Å². The molecule has 2 aromatic carbocycles. The smallest absolute Gasteiger partial charge is 0.342 e. The number of ether oxygens (including phenoxy) is 2. The predicted octanol–water partition coefficient (Wildman–Crippen LogP) is 4.18. The van der Waals surface area contributed by atoms with Crippen LogP contribution in [0.25, 0.3) is 28.4 Å². The molecule has 0 amide bonds. The Hall–Kier alpha value is -4.23. The molecule has 0 aliphatic rings. The van der Waals surface area contributed by atoms with Gasteiger partial charge in [-0.15, -0.1) is 5.10 Å². The number of fused-ring (bicyclic) bond motifs is 1. The molecule has 0 bridgehead atoms. The highest BCUT2D eigenvalue weighted by Gasteiger charge is 2.17. The van der Waals surface area contributed by atoms with Crippen LogP contribution in [0.5, 0.6) is 11.5 Å². The molecule has 2 aromatic heterocycles. The average Bonchev–Trinajstić information content (AvgIpc) is 3.44. The summed E-state index contributed by atoms with van der Waals surface area (Å²) in [5, 5.41) is 27.0. The van der Waals surface area contributed by atoms with Crippen molar-refractivity contribution in [3.8, 4) is 29.0 Å². The van der Waals surface area contributed by atoms with E-state index in [9.17, 15) is 9.90 Å². The van der Waals surface area contributed by atoms with Crippen molar-refractivity contribution >= 4 is 34.7 Å². The first-order valence-electron chi connectivity index (χ1n) is 9.76. The van der Waals surface area contributed by atoms with Gasteiger partial charge in [-0.1, -0.05) is 18.2 Å². The zero-order chi connectivity index (χ0) is 23.4. The fourth-order valence-electron chi connectivity index (χ4n) is 3.34. The minimum absolute atomic E-state index is 0.0450. The Kier molecular flexibility index (Phi) is 6.33. The predicted molar refractivity (Wildman–Crippen MR) is 124 cm³/mol. The number of aromatic amines is 1. The van der Waals surface area contributed by atoms with Crippen molar-refractivity contribution in [1.82, 2.24) is 19.7 Å². The van der Waals surface area contributed by atoms with E-state index in [-0.39, 0.29) is 16.6 Å². The molecule has 4 rings (SSSR count). The standard InChI is InChI=1S/C23H19N5O4S/c1-31-16-9-14(10-17(12-16)32-2)21-25-23(27-26-21)33-20(22(29)30)11-15-13-28(8-7-24)19-6-4-3-5-18(15)19/h3-6,9-13H,8H2,1-2H3,(H,29,30)(H,25,26,27)/b20-11-. The van der Waals surface area contributed by atoms with Crippen molar-refractivity contribution in [1.29, 1.82) is 5.26 Å². The van der Waals surface area contributed by atoms with Gasteiger partial charge >= 0.3 is 5.97 Å². The van der Waals surface area contributed by atoms with Crippen LogP contribution in [0.3, 0.4) is 0 Å². The van der Waals surface area contributed by atoms with E-state index in [1.807, 2.05) is 24.3 Å². The number of carboxylic acids is 1. The number of rotatable bonds is 8. The Morgan fingerprint density at radius 1 is 1.24 bits per heavy atom. The average molecular weight is 462 g/mol. The first-order chi connectivity index (χ1) is 16.0. The third-order valence-electron chi connectivity index (χ3n) is 4.85. The Bertz CT molecular complexity index is 1380. The number of aliphatic carboxylic acids is 1. The fourth-order valence-corrected chi connectivity index (χ4v) is 4.04. The van der Waals surface area contributed by atoms with Crippen LogP contribution in [-0.2, 0) is 11.3 Å². The van der Waals surface area contributed by atoms with Gasteiger partial charge in [0.2, 0.25) is 5.16 Å². The number of nitrogens with zero attached hydrogens (tertiary/aromatic N) is 4. The van der Waals surface area contributed by atoms with E-state index < -0.39 is 5.97 Å². The summed E-state index contributed by atoms with van der Waals surface area (Å²) in [5.41, 5.74) is 2.23. The van der Waals surface area contributed by atoms with E-state index in [1.165, 1.54) is 0 Å². The second kappa shape index (κ2) is 9.50. The number of H-pyrrole nitrogens is 1. The number of carbonyl (C=O) groups is 1. The largest absolute Gasteiger partial charge is 0.497 e. The van der Waals surface area contributed by atoms with Gasteiger partial charge in [-0.05, 0) is 36.0 Å². The van der Waals surface area contributed by atoms with E-state index >= 15 is 0 Å². The number of nitrogens with one attached hydrogen (secondary N) is 1. The van der Waals surface area contributed by atoms with Gasteiger partial charge in [-0.2, -0.15) is 5.26 Å². The van der Waals surface area contributed by atoms with Crippen LogP contribution in [-0.4, -0.2) is 45.0 Å². The number of aromatic nitrogens is 4. The maximum atomic E-state index is 12.0. The summed E-state index contributed by atoms with van der Waals surface area (Å²) in [6.45, 7) is 0.165. The Morgan fingerprint density at radius 3 is 2.64 bits per heavy atom. The normalized spacial score (nSPS) is 11.4. The molecule has 4 aromatic rings. The molecule has 2 heterocycles. The molecule has 0 aliphatic heterocycles. The zero-order valence-corrected chi connectivity index (χ0v) is 18.6. The van der Waals surface area contributed by atoms with Crippen molar-refractivity contribution in [2.24, 2.45) is 0 Å². The van der Waals surface area contributed by atoms with Crippen molar-refractivity contribution in [3.05, 3.63) is 59.1 Å². The van der Waals surface area contributed by atoms with Crippen molar-refractivity contribution in [3.63, 3.8) is 0 Å². The van der Waals surface area contributed by atoms with Crippen LogP contribution in [0.4, 0.5) is 0 Å². The molecular formula is C23H19N5O4S. The molecule has 0 saturated heterocycles. The maximum Gasteiger partial charge on any atom is 0.342 e. The summed E-state index contributed by atoms with van der Waals surface area (Å²) in [7, 11) is 3.11. The van der Waals surface area contributed by atoms with Gasteiger partial charge in [0.15, 0.2) is 5.82 Å². The van der Waals surface area contributed by atoms with Crippen LogP contribution < -0.4 is 9.47 Å². The third-order valence-corrected chi connectivity index (χ3v) is 5.73. The van der Waals surface area contributed by atoms with Crippen LogP contribution in [0, 0.1) is 11.3 Å². The van der Waals surface area contributed by atoms with Crippen LogP contribution in [0.2, 0.25) is 0 Å². The third kappa shape index (κ3) is 4.68. The Morgan fingerprint density at radius 2 is 1.97 bits per heavy atom. The number of hydrogen-bond acceptors (Lipinski definition) is 7. The van der Waals surface area contributed by atoms with Crippen molar-refractivity contribution in [2.45, 2.75) is 11.7 Å². The van der Waals surface area contributed by atoms with E-state index in [2.05, 4.69) is 21.3 Å². The van der Waals surface area contributed by atoms with Crippen LogP contribution in [0.1, 0.15) is 5.56 Å². The minimum atomic E-state index is -1.11. The molecule has 33 heavy (non-hydrogen) atoms. The van der Waals surface area contributed by atoms with E-state index in [4.69, 9.17) is 14.7 Å². The quantitative estimate of drug-likeness (QED) is 0.296. The second-order valence-corrected chi connectivity index (χ2v) is 7.88. The molecule has 166 valence electrons. The summed E-state index contributed by atoms with van der Waals surface area (Å²) in [6.07, 6.45) is 3.33. The summed E-state index contributed by atoms with van der Waals surface area (Å²) < 4.78 is 12.4. The summed E-state index contributed by atoms with van der Waals surface area (Å²) in [6, 6.07) is 14.9. The lowest BCUT2D eigenvalue weighted by molar-refractivity contribution is -0.131. The van der Waals surface area contributed by atoms with Gasteiger partial charge in [-0.3, -0.25) is 5.10 Å². The molecule has 0 saturated carbocycles. The maximum absolute atomic E-state index is 12.0. The van der Waals surface area contributed by atoms with E-state index in [0.717, 1.165) is 22.7 Å². The van der Waals surface area contributed by atoms with E-state index in [0.29, 0.717) is 28.5 Å². The molecule has 0 spiro atoms. The lowest BCUT2D eigenvalue weighted by Gasteiger charge is -2.06. The molecule has 0 radical (unpaired) electrons. The molecule has 0 fully saturated rings. The molecule has 0 aliphatic carbocycles. The lowest BCUT2D eigenvalue weighted by Crippen LogP contribution is -1.97. The minimum Gasteiger partial charge on any atom is -0.497 e.